The van der Waals surface area contributed by atoms with Gasteiger partial charge in [-0.25, -0.2) is 5.48 Å². The van der Waals surface area contributed by atoms with Crippen molar-refractivity contribution in [2.75, 3.05) is 0 Å². The Hall–Kier alpha value is -1.11. The van der Waals surface area contributed by atoms with Crippen molar-refractivity contribution in [3.63, 3.8) is 0 Å². The van der Waals surface area contributed by atoms with Crippen molar-refractivity contribution < 1.29 is 19.4 Å². The van der Waals surface area contributed by atoms with Gasteiger partial charge in [-0.05, 0) is 5.16 Å². The van der Waals surface area contributed by atoms with Gasteiger partial charge in [0.25, 0.3) is 0 Å². The Morgan fingerprint density at radius 2 is 2.12 bits per heavy atom. The van der Waals surface area contributed by atoms with Crippen molar-refractivity contribution in [3.8, 4) is 0 Å². The molecule has 0 fully saturated rings. The third-order valence-corrected chi connectivity index (χ3v) is 0.355. The molecular formula is CH3F2N3O2. The molecule has 0 amide bonds. The van der Waals surface area contributed by atoms with Gasteiger partial charge in [0, 0.05) is 5.34 Å². The number of nitrogens with zero attached hydrogens (tertiary/aromatic N) is 2. The van der Waals surface area contributed by atoms with Crippen LogP contribution in [0.1, 0.15) is 0 Å². The monoisotopic (exact) mass is 127 g/mol. The molecule has 0 aliphatic heterocycles. The number of guanidine groups is 1. The van der Waals surface area contributed by atoms with Crippen molar-refractivity contribution in [2.45, 2.75) is 0 Å². The summed E-state index contributed by atoms with van der Waals surface area (Å²) in [6, 6.07) is 0. The lowest BCUT2D eigenvalue weighted by Crippen LogP contribution is -2.28. The van der Waals surface area contributed by atoms with Crippen LogP contribution in [0.4, 0.5) is 8.96 Å². The number of oxime groups is 1. The first-order valence-corrected chi connectivity index (χ1v) is 1.46. The van der Waals surface area contributed by atoms with Crippen molar-refractivity contribution in [1.82, 2.24) is 10.8 Å². The van der Waals surface area contributed by atoms with Crippen LogP contribution in [0.5, 0.6) is 0 Å². The van der Waals surface area contributed by atoms with E-state index in [0.717, 1.165) is 5.48 Å². The fourth-order valence-corrected chi connectivity index (χ4v) is 0.0940. The second-order valence-corrected chi connectivity index (χ2v) is 0.768. The van der Waals surface area contributed by atoms with Crippen LogP contribution in [-0.2, 0) is 0 Å². The van der Waals surface area contributed by atoms with E-state index in [4.69, 9.17) is 10.4 Å². The fraction of sp³-hybridized carbons (Fsp3) is 0. The van der Waals surface area contributed by atoms with E-state index in [-0.39, 0.29) is 0 Å². The molecule has 0 spiro atoms. The fourth-order valence-electron chi connectivity index (χ4n) is 0.0940. The van der Waals surface area contributed by atoms with E-state index in [2.05, 4.69) is 0 Å². The molecule has 0 aromatic carbocycles. The standard InChI is InChI=1S/CH3F2N3O2/c2-6(3)1(4-7)5-8/h7-8H,(H,4,5). The van der Waals surface area contributed by atoms with Crippen molar-refractivity contribution >= 4 is 5.96 Å². The van der Waals surface area contributed by atoms with Gasteiger partial charge >= 0.3 is 5.96 Å². The Kier molecular flexibility index (Phi) is 2.56. The molecule has 7 heteroatoms. The molecule has 0 aromatic rings. The zero-order valence-electron chi connectivity index (χ0n) is 3.54. The van der Waals surface area contributed by atoms with Gasteiger partial charge in [0.1, 0.15) is 0 Å². The van der Waals surface area contributed by atoms with E-state index in [9.17, 15) is 8.96 Å². The Bertz CT molecular complexity index is 93.3. The minimum atomic E-state index is -1.58. The maximum Gasteiger partial charge on any atom is 0.321 e. The molecule has 0 aliphatic carbocycles. The summed E-state index contributed by atoms with van der Waals surface area (Å²) in [6.07, 6.45) is 0. The first-order valence-electron chi connectivity index (χ1n) is 1.46. The van der Waals surface area contributed by atoms with Crippen LogP contribution in [0.2, 0.25) is 0 Å². The van der Waals surface area contributed by atoms with E-state index < -0.39 is 11.3 Å². The van der Waals surface area contributed by atoms with Gasteiger partial charge in [-0.2, -0.15) is 0 Å². The SMILES string of the molecule is ON=C(NO)N(F)F. The van der Waals surface area contributed by atoms with Gasteiger partial charge in [0.05, 0.1) is 0 Å². The number of halogens is 2. The second kappa shape index (κ2) is 2.97. The van der Waals surface area contributed by atoms with Crippen LogP contribution in [-0.4, -0.2) is 21.7 Å². The lowest BCUT2D eigenvalue weighted by Gasteiger charge is -1.98. The highest BCUT2D eigenvalue weighted by atomic mass is 19.4. The van der Waals surface area contributed by atoms with Gasteiger partial charge in [-0.3, -0.25) is 5.21 Å². The molecular weight excluding hydrogens is 124 g/mol. The average molecular weight is 127 g/mol. The van der Waals surface area contributed by atoms with Crippen LogP contribution in [0.3, 0.4) is 0 Å². The summed E-state index contributed by atoms with van der Waals surface area (Å²) in [4.78, 5) is 0. The molecule has 0 atom stereocenters. The molecule has 0 aromatic heterocycles. The molecule has 8 heavy (non-hydrogen) atoms. The molecule has 0 radical (unpaired) electrons. The van der Waals surface area contributed by atoms with Crippen LogP contribution < -0.4 is 5.48 Å². The second-order valence-electron chi connectivity index (χ2n) is 0.768. The predicted octanol–water partition coefficient (Wildman–Crippen LogP) is -0.219. The summed E-state index contributed by atoms with van der Waals surface area (Å²) in [5, 5.41) is 15.5. The van der Waals surface area contributed by atoms with Gasteiger partial charge in [-0.15, -0.1) is 0 Å². The summed E-state index contributed by atoms with van der Waals surface area (Å²) >= 11 is 0. The molecule has 0 saturated carbocycles. The molecule has 0 aliphatic rings. The molecule has 48 valence electrons. The minimum absolute atomic E-state index is 0.927. The lowest BCUT2D eigenvalue weighted by atomic mass is 11.1. The Morgan fingerprint density at radius 3 is 2.12 bits per heavy atom. The quantitative estimate of drug-likeness (QED) is 0.138. The average Bonchev–Trinajstić information content (AvgIpc) is 1.69. The Morgan fingerprint density at radius 1 is 1.62 bits per heavy atom. The summed E-state index contributed by atoms with van der Waals surface area (Å²) < 4.78 is 22.0. The lowest BCUT2D eigenvalue weighted by molar-refractivity contribution is -0.0881. The largest absolute Gasteiger partial charge is 0.408 e. The predicted molar refractivity (Wildman–Crippen MR) is 18.2 cm³/mol. The summed E-state index contributed by atoms with van der Waals surface area (Å²) in [5.41, 5.74) is 0.927. The molecule has 0 heterocycles. The number of rotatable bonds is 0. The summed E-state index contributed by atoms with van der Waals surface area (Å²) in [6.45, 7) is 0. The van der Waals surface area contributed by atoms with Crippen molar-refractivity contribution in [2.24, 2.45) is 5.16 Å². The molecule has 3 N–H and O–H groups in total. The van der Waals surface area contributed by atoms with Gasteiger partial charge in [-0.1, -0.05) is 8.96 Å². The minimum Gasteiger partial charge on any atom is -0.408 e. The highest BCUT2D eigenvalue weighted by Crippen LogP contribution is 1.87. The summed E-state index contributed by atoms with van der Waals surface area (Å²) in [7, 11) is 0. The topological polar surface area (TPSA) is 68.1 Å². The Labute approximate surface area is 42.6 Å². The van der Waals surface area contributed by atoms with E-state index >= 15 is 0 Å². The number of hydrogen-bond acceptors (Lipinski definition) is 3. The van der Waals surface area contributed by atoms with Crippen molar-refractivity contribution in [1.29, 1.82) is 0 Å². The van der Waals surface area contributed by atoms with E-state index in [0.29, 0.717) is 0 Å². The molecule has 0 rings (SSSR count). The van der Waals surface area contributed by atoms with E-state index in [1.54, 1.807) is 0 Å². The molecule has 5 nitrogen and oxygen atoms in total. The third-order valence-electron chi connectivity index (χ3n) is 0.355. The van der Waals surface area contributed by atoms with Gasteiger partial charge < -0.3 is 5.21 Å². The number of nitrogens with one attached hydrogen (secondary N) is 1. The highest BCUT2D eigenvalue weighted by molar-refractivity contribution is 5.75. The smallest absolute Gasteiger partial charge is 0.321 e. The van der Waals surface area contributed by atoms with Crippen LogP contribution in [0, 0.1) is 0 Å². The summed E-state index contributed by atoms with van der Waals surface area (Å²) in [5.74, 6) is -1.33. The highest BCUT2D eigenvalue weighted by Gasteiger charge is 2.06. The van der Waals surface area contributed by atoms with Crippen LogP contribution >= 0.6 is 0 Å². The molecule has 0 unspecified atom stereocenters. The number of hydrogen-bond donors (Lipinski definition) is 3. The normalized spacial score (nSPS) is 11.1. The zero-order valence-corrected chi connectivity index (χ0v) is 3.54. The van der Waals surface area contributed by atoms with Gasteiger partial charge in [0.2, 0.25) is 0 Å². The Balaban J connectivity index is 3.72. The first-order chi connectivity index (χ1) is 3.72. The number of hydroxylamine groups is 1. The third kappa shape index (κ3) is 1.56. The maximum absolute atomic E-state index is 11.0. The van der Waals surface area contributed by atoms with E-state index in [1.165, 1.54) is 0 Å². The molecule has 0 saturated heterocycles. The maximum atomic E-state index is 11.0. The van der Waals surface area contributed by atoms with Crippen LogP contribution in [0.15, 0.2) is 5.16 Å². The van der Waals surface area contributed by atoms with Gasteiger partial charge in [0.15, 0.2) is 0 Å². The first kappa shape index (κ1) is 6.89. The van der Waals surface area contributed by atoms with E-state index in [1.807, 2.05) is 5.16 Å². The zero-order chi connectivity index (χ0) is 6.57. The molecule has 0 bridgehead atoms. The van der Waals surface area contributed by atoms with Crippen LogP contribution in [0.25, 0.3) is 0 Å². The van der Waals surface area contributed by atoms with Crippen molar-refractivity contribution in [3.05, 3.63) is 0 Å².